The lowest BCUT2D eigenvalue weighted by Crippen LogP contribution is -2.47. The van der Waals surface area contributed by atoms with Gasteiger partial charge in [-0.05, 0) is 44.4 Å². The van der Waals surface area contributed by atoms with E-state index in [2.05, 4.69) is 0 Å². The second kappa shape index (κ2) is 6.42. The Balaban J connectivity index is 2.28. The summed E-state index contributed by atoms with van der Waals surface area (Å²) in [5, 5.41) is 0. The van der Waals surface area contributed by atoms with Crippen molar-refractivity contribution in [3.05, 3.63) is 29.8 Å². The zero-order valence-corrected chi connectivity index (χ0v) is 14.1. The number of thiocarbonyl (C=S) groups is 1. The second-order valence-corrected chi connectivity index (χ2v) is 8.12. The van der Waals surface area contributed by atoms with Crippen LogP contribution in [0.1, 0.15) is 38.7 Å². The molecule has 2 N–H and O–H groups in total. The molecule has 1 aliphatic rings. The van der Waals surface area contributed by atoms with Crippen LogP contribution in [0.3, 0.4) is 0 Å². The van der Waals surface area contributed by atoms with Gasteiger partial charge in [0.25, 0.3) is 0 Å². The maximum atomic E-state index is 12.8. The molecule has 2 atom stereocenters. The van der Waals surface area contributed by atoms with E-state index >= 15 is 0 Å². The van der Waals surface area contributed by atoms with Gasteiger partial charge in [0.05, 0.1) is 9.88 Å². The van der Waals surface area contributed by atoms with Gasteiger partial charge >= 0.3 is 0 Å². The van der Waals surface area contributed by atoms with E-state index in [1.807, 2.05) is 13.8 Å². The summed E-state index contributed by atoms with van der Waals surface area (Å²) in [5.41, 5.74) is 6.44. The number of hydrogen-bond donors (Lipinski definition) is 1. The van der Waals surface area contributed by atoms with E-state index < -0.39 is 10.0 Å². The summed E-state index contributed by atoms with van der Waals surface area (Å²) >= 11 is 4.87. The van der Waals surface area contributed by atoms with Gasteiger partial charge in [-0.15, -0.1) is 0 Å². The molecule has 1 aromatic carbocycles. The smallest absolute Gasteiger partial charge is 0.243 e. The van der Waals surface area contributed by atoms with Crippen molar-refractivity contribution in [2.45, 2.75) is 56.5 Å². The Bertz CT molecular complexity index is 601. The summed E-state index contributed by atoms with van der Waals surface area (Å²) < 4.78 is 27.3. The van der Waals surface area contributed by atoms with Crippen molar-refractivity contribution in [2.75, 3.05) is 0 Å². The van der Waals surface area contributed by atoms with Crippen LogP contribution in [-0.4, -0.2) is 29.8 Å². The molecule has 1 heterocycles. The molecular formula is C15H22N2O2S2. The number of nitrogens with two attached hydrogens (primary N) is 1. The molecule has 0 bridgehead atoms. The molecule has 116 valence electrons. The zero-order chi connectivity index (χ0) is 15.6. The van der Waals surface area contributed by atoms with Gasteiger partial charge in [0.2, 0.25) is 10.0 Å². The van der Waals surface area contributed by atoms with Gasteiger partial charge < -0.3 is 5.73 Å². The van der Waals surface area contributed by atoms with Gasteiger partial charge in [0, 0.05) is 18.5 Å². The third kappa shape index (κ3) is 3.62. The minimum Gasteiger partial charge on any atom is -0.393 e. The summed E-state index contributed by atoms with van der Waals surface area (Å²) in [6.07, 6.45) is 3.42. The topological polar surface area (TPSA) is 63.4 Å². The van der Waals surface area contributed by atoms with Crippen LogP contribution in [0.4, 0.5) is 0 Å². The first-order valence-corrected chi connectivity index (χ1v) is 9.08. The fraction of sp³-hybridized carbons (Fsp3) is 0.533. The highest BCUT2D eigenvalue weighted by atomic mass is 32.2. The molecule has 1 fully saturated rings. The lowest BCUT2D eigenvalue weighted by Gasteiger charge is -2.37. The Morgan fingerprint density at radius 1 is 1.24 bits per heavy atom. The summed E-state index contributed by atoms with van der Waals surface area (Å²) in [5.74, 6) is 0. The van der Waals surface area contributed by atoms with Gasteiger partial charge in [-0.25, -0.2) is 8.42 Å². The number of rotatable bonds is 4. The van der Waals surface area contributed by atoms with Crippen LogP contribution in [-0.2, 0) is 16.4 Å². The molecule has 0 aliphatic carbocycles. The molecule has 0 saturated carbocycles. The van der Waals surface area contributed by atoms with Gasteiger partial charge in [-0.1, -0.05) is 30.8 Å². The van der Waals surface area contributed by atoms with Gasteiger partial charge in [-0.2, -0.15) is 4.31 Å². The van der Waals surface area contributed by atoms with Gasteiger partial charge in [0.15, 0.2) is 0 Å². The predicted molar refractivity (Wildman–Crippen MR) is 88.7 cm³/mol. The number of nitrogens with zero attached hydrogens (tertiary/aromatic N) is 1. The zero-order valence-electron chi connectivity index (χ0n) is 12.5. The first-order valence-electron chi connectivity index (χ1n) is 7.23. The lowest BCUT2D eigenvalue weighted by atomic mass is 10.0. The highest BCUT2D eigenvalue weighted by Gasteiger charge is 2.35. The molecule has 0 unspecified atom stereocenters. The normalized spacial score (nSPS) is 23.9. The van der Waals surface area contributed by atoms with E-state index in [4.69, 9.17) is 18.0 Å². The van der Waals surface area contributed by atoms with Crippen LogP contribution < -0.4 is 5.73 Å². The summed E-state index contributed by atoms with van der Waals surface area (Å²) in [4.78, 5) is 0.749. The van der Waals surface area contributed by atoms with E-state index in [1.54, 1.807) is 28.6 Å². The third-order valence-corrected chi connectivity index (χ3v) is 6.28. The molecule has 4 nitrogen and oxygen atoms in total. The van der Waals surface area contributed by atoms with Crippen LogP contribution in [0.2, 0.25) is 0 Å². The maximum Gasteiger partial charge on any atom is 0.243 e. The molecule has 1 aliphatic heterocycles. The third-order valence-electron chi connectivity index (χ3n) is 3.99. The molecule has 0 amide bonds. The van der Waals surface area contributed by atoms with E-state index in [1.165, 1.54) is 0 Å². The molecule has 2 rings (SSSR count). The Labute approximate surface area is 132 Å². The van der Waals surface area contributed by atoms with Crippen molar-refractivity contribution >= 4 is 27.2 Å². The molecule has 1 saturated heterocycles. The predicted octanol–water partition coefficient (Wildman–Crippen LogP) is 2.47. The summed E-state index contributed by atoms with van der Waals surface area (Å²) in [6, 6.07) is 6.97. The lowest BCUT2D eigenvalue weighted by molar-refractivity contribution is 0.204. The van der Waals surface area contributed by atoms with E-state index in [0.717, 1.165) is 24.8 Å². The molecular weight excluding hydrogens is 304 g/mol. The highest BCUT2D eigenvalue weighted by molar-refractivity contribution is 7.89. The first kappa shape index (κ1) is 16.4. The SMILES string of the molecule is C[C@@H]1CCC[C@H](C)N1S(=O)(=O)c1ccc(CC(N)=S)cc1. The number of piperidine rings is 1. The van der Waals surface area contributed by atoms with Crippen molar-refractivity contribution in [3.63, 3.8) is 0 Å². The monoisotopic (exact) mass is 326 g/mol. The van der Waals surface area contributed by atoms with Crippen LogP contribution in [0, 0.1) is 0 Å². The molecule has 21 heavy (non-hydrogen) atoms. The number of sulfonamides is 1. The fourth-order valence-corrected chi connectivity index (χ4v) is 5.02. The Hall–Kier alpha value is -0.980. The van der Waals surface area contributed by atoms with E-state index in [-0.39, 0.29) is 12.1 Å². The van der Waals surface area contributed by atoms with E-state index in [0.29, 0.717) is 16.3 Å². The molecule has 1 aromatic rings. The van der Waals surface area contributed by atoms with Crippen molar-refractivity contribution in [1.82, 2.24) is 4.31 Å². The summed E-state index contributed by atoms with van der Waals surface area (Å²) in [6.45, 7) is 3.96. The van der Waals surface area contributed by atoms with Crippen molar-refractivity contribution < 1.29 is 8.42 Å². The average Bonchev–Trinajstić information content (AvgIpc) is 2.38. The number of hydrogen-bond acceptors (Lipinski definition) is 3. The molecule has 6 heteroatoms. The van der Waals surface area contributed by atoms with E-state index in [9.17, 15) is 8.42 Å². The van der Waals surface area contributed by atoms with Gasteiger partial charge in [-0.3, -0.25) is 0 Å². The fourth-order valence-electron chi connectivity index (χ4n) is 2.97. The molecule has 0 aromatic heterocycles. The molecule has 0 radical (unpaired) electrons. The van der Waals surface area contributed by atoms with Crippen LogP contribution >= 0.6 is 12.2 Å². The van der Waals surface area contributed by atoms with Crippen LogP contribution in [0.15, 0.2) is 29.2 Å². The Kier molecular flexibility index (Phi) is 5.01. The highest BCUT2D eigenvalue weighted by Crippen LogP contribution is 2.29. The quantitative estimate of drug-likeness (QED) is 0.863. The first-order chi connectivity index (χ1) is 9.82. The number of benzene rings is 1. The second-order valence-electron chi connectivity index (χ2n) is 5.75. The van der Waals surface area contributed by atoms with Crippen molar-refractivity contribution in [2.24, 2.45) is 5.73 Å². The van der Waals surface area contributed by atoms with Crippen molar-refractivity contribution in [1.29, 1.82) is 0 Å². The van der Waals surface area contributed by atoms with Crippen LogP contribution in [0.25, 0.3) is 0 Å². The molecule has 0 spiro atoms. The summed E-state index contributed by atoms with van der Waals surface area (Å²) in [7, 11) is -3.44. The Morgan fingerprint density at radius 2 is 1.76 bits per heavy atom. The van der Waals surface area contributed by atoms with Gasteiger partial charge in [0.1, 0.15) is 0 Å². The largest absolute Gasteiger partial charge is 0.393 e. The maximum absolute atomic E-state index is 12.8. The standard InChI is InChI=1S/C15H22N2O2S2/c1-11-4-3-5-12(2)17(11)21(18,19)14-8-6-13(7-9-14)10-15(16)20/h6-9,11-12H,3-5,10H2,1-2H3,(H2,16,20)/t11-,12+. The minimum absolute atomic E-state index is 0.0510. The minimum atomic E-state index is -3.44. The van der Waals surface area contributed by atoms with Crippen LogP contribution in [0.5, 0.6) is 0 Å². The van der Waals surface area contributed by atoms with Crippen molar-refractivity contribution in [3.8, 4) is 0 Å². The average molecular weight is 326 g/mol. The Morgan fingerprint density at radius 3 is 2.24 bits per heavy atom.